The third-order valence-corrected chi connectivity index (χ3v) is 4.41. The molecule has 0 spiro atoms. The predicted molar refractivity (Wildman–Crippen MR) is 81.3 cm³/mol. The van der Waals surface area contributed by atoms with Gasteiger partial charge in [0.25, 0.3) is 5.91 Å². The van der Waals surface area contributed by atoms with E-state index in [0.717, 1.165) is 18.4 Å². The Bertz CT molecular complexity index is 663. The van der Waals surface area contributed by atoms with Gasteiger partial charge in [0.1, 0.15) is 5.82 Å². The Morgan fingerprint density at radius 3 is 2.76 bits per heavy atom. The van der Waals surface area contributed by atoms with E-state index in [9.17, 15) is 9.18 Å². The molecular formula is C16H14BrFN2O. The molecule has 2 heterocycles. The molecule has 1 aromatic heterocycles. The summed E-state index contributed by atoms with van der Waals surface area (Å²) in [5, 5.41) is 0. The number of aromatic nitrogens is 1. The maximum Gasteiger partial charge on any atom is 0.254 e. The first-order valence-corrected chi connectivity index (χ1v) is 7.62. The van der Waals surface area contributed by atoms with Gasteiger partial charge < -0.3 is 4.90 Å². The van der Waals surface area contributed by atoms with Crippen molar-refractivity contribution in [3.05, 3.63) is 64.1 Å². The Morgan fingerprint density at radius 1 is 1.29 bits per heavy atom. The SMILES string of the molecule is O=C(c1ccc(Br)c(F)c1)N1CCCC1c1ccncc1. The van der Waals surface area contributed by atoms with Gasteiger partial charge in [-0.25, -0.2) is 4.39 Å². The zero-order valence-electron chi connectivity index (χ0n) is 11.3. The number of nitrogens with zero attached hydrogens (tertiary/aromatic N) is 2. The van der Waals surface area contributed by atoms with E-state index in [-0.39, 0.29) is 11.9 Å². The molecule has 0 N–H and O–H groups in total. The number of hydrogen-bond donors (Lipinski definition) is 0. The van der Waals surface area contributed by atoms with Gasteiger partial charge in [-0.3, -0.25) is 9.78 Å². The zero-order chi connectivity index (χ0) is 14.8. The summed E-state index contributed by atoms with van der Waals surface area (Å²) in [5.41, 5.74) is 1.46. The van der Waals surface area contributed by atoms with Gasteiger partial charge >= 0.3 is 0 Å². The molecule has 2 aromatic rings. The number of hydrogen-bond acceptors (Lipinski definition) is 2. The van der Waals surface area contributed by atoms with E-state index in [4.69, 9.17) is 0 Å². The highest BCUT2D eigenvalue weighted by Crippen LogP contribution is 2.33. The minimum absolute atomic E-state index is 0.0483. The van der Waals surface area contributed by atoms with Gasteiger partial charge in [-0.1, -0.05) is 0 Å². The number of amides is 1. The first-order valence-electron chi connectivity index (χ1n) is 6.83. The first-order chi connectivity index (χ1) is 10.2. The Kier molecular flexibility index (Phi) is 4.01. The van der Waals surface area contributed by atoms with E-state index < -0.39 is 5.82 Å². The summed E-state index contributed by atoms with van der Waals surface area (Å²) in [6.07, 6.45) is 5.34. The third kappa shape index (κ3) is 2.83. The van der Waals surface area contributed by atoms with Gasteiger partial charge in [0.15, 0.2) is 0 Å². The first kappa shape index (κ1) is 14.2. The molecule has 1 amide bonds. The van der Waals surface area contributed by atoms with Crippen molar-refractivity contribution in [1.29, 1.82) is 0 Å². The van der Waals surface area contributed by atoms with Crippen molar-refractivity contribution in [1.82, 2.24) is 9.88 Å². The van der Waals surface area contributed by atoms with Gasteiger partial charge in [0.2, 0.25) is 0 Å². The van der Waals surface area contributed by atoms with Crippen LogP contribution in [0.25, 0.3) is 0 Å². The van der Waals surface area contributed by atoms with Gasteiger partial charge in [-0.2, -0.15) is 0 Å². The average molecular weight is 349 g/mol. The van der Waals surface area contributed by atoms with Crippen LogP contribution >= 0.6 is 15.9 Å². The lowest BCUT2D eigenvalue weighted by molar-refractivity contribution is 0.0735. The van der Waals surface area contributed by atoms with Crippen LogP contribution in [0.5, 0.6) is 0 Å². The molecule has 0 saturated carbocycles. The van der Waals surface area contributed by atoms with Gasteiger partial charge in [0, 0.05) is 24.5 Å². The van der Waals surface area contributed by atoms with E-state index in [0.29, 0.717) is 16.6 Å². The lowest BCUT2D eigenvalue weighted by Crippen LogP contribution is -2.30. The van der Waals surface area contributed by atoms with Crippen LogP contribution in [0.2, 0.25) is 0 Å². The number of likely N-dealkylation sites (tertiary alicyclic amines) is 1. The highest BCUT2D eigenvalue weighted by molar-refractivity contribution is 9.10. The molecule has 1 saturated heterocycles. The molecule has 0 bridgehead atoms. The molecular weight excluding hydrogens is 335 g/mol. The Hall–Kier alpha value is -1.75. The smallest absolute Gasteiger partial charge is 0.254 e. The van der Waals surface area contributed by atoms with Gasteiger partial charge in [0.05, 0.1) is 10.5 Å². The minimum Gasteiger partial charge on any atom is -0.332 e. The van der Waals surface area contributed by atoms with Crippen molar-refractivity contribution in [3.8, 4) is 0 Å². The summed E-state index contributed by atoms with van der Waals surface area (Å²) in [4.78, 5) is 18.4. The van der Waals surface area contributed by atoms with Crippen molar-refractivity contribution >= 4 is 21.8 Å². The summed E-state index contributed by atoms with van der Waals surface area (Å²) >= 11 is 3.10. The molecule has 0 aliphatic carbocycles. The average Bonchev–Trinajstić information content (AvgIpc) is 2.99. The summed E-state index contributed by atoms with van der Waals surface area (Å²) in [6, 6.07) is 8.41. The lowest BCUT2D eigenvalue weighted by atomic mass is 10.1. The Balaban J connectivity index is 1.88. The van der Waals surface area contributed by atoms with Gasteiger partial charge in [-0.05, 0) is 64.7 Å². The second-order valence-corrected chi connectivity index (χ2v) is 5.92. The van der Waals surface area contributed by atoms with Crippen LogP contribution in [0.1, 0.15) is 34.8 Å². The molecule has 1 fully saturated rings. The van der Waals surface area contributed by atoms with E-state index in [2.05, 4.69) is 20.9 Å². The molecule has 5 heteroatoms. The molecule has 3 rings (SSSR count). The molecule has 1 aliphatic rings. The molecule has 1 aromatic carbocycles. The molecule has 1 atom stereocenters. The maximum atomic E-state index is 13.6. The number of halogens is 2. The topological polar surface area (TPSA) is 33.2 Å². The minimum atomic E-state index is -0.416. The molecule has 108 valence electrons. The fourth-order valence-corrected chi connectivity index (χ4v) is 2.98. The zero-order valence-corrected chi connectivity index (χ0v) is 12.9. The van der Waals surface area contributed by atoms with Gasteiger partial charge in [-0.15, -0.1) is 0 Å². The maximum absolute atomic E-state index is 13.6. The second-order valence-electron chi connectivity index (χ2n) is 5.07. The largest absolute Gasteiger partial charge is 0.332 e. The Labute approximate surface area is 130 Å². The number of carbonyl (C=O) groups is 1. The van der Waals surface area contributed by atoms with E-state index in [1.54, 1.807) is 24.5 Å². The quantitative estimate of drug-likeness (QED) is 0.822. The van der Waals surface area contributed by atoms with Crippen LogP contribution in [-0.2, 0) is 0 Å². The molecule has 1 aliphatic heterocycles. The normalized spacial score (nSPS) is 18.0. The van der Waals surface area contributed by atoms with Crippen molar-refractivity contribution < 1.29 is 9.18 Å². The highest BCUT2D eigenvalue weighted by Gasteiger charge is 2.30. The van der Waals surface area contributed by atoms with E-state index in [1.807, 2.05) is 17.0 Å². The monoisotopic (exact) mass is 348 g/mol. The van der Waals surface area contributed by atoms with Crippen LogP contribution < -0.4 is 0 Å². The van der Waals surface area contributed by atoms with Crippen molar-refractivity contribution in [3.63, 3.8) is 0 Å². The fraction of sp³-hybridized carbons (Fsp3) is 0.250. The number of pyridine rings is 1. The summed E-state index contributed by atoms with van der Waals surface area (Å²) in [5.74, 6) is -0.541. The van der Waals surface area contributed by atoms with Crippen molar-refractivity contribution in [2.75, 3.05) is 6.54 Å². The molecule has 1 unspecified atom stereocenters. The van der Waals surface area contributed by atoms with Crippen LogP contribution in [0.4, 0.5) is 4.39 Å². The van der Waals surface area contributed by atoms with E-state index >= 15 is 0 Å². The summed E-state index contributed by atoms with van der Waals surface area (Å²) in [6.45, 7) is 0.698. The fourth-order valence-electron chi connectivity index (χ4n) is 2.74. The standard InChI is InChI=1S/C16H14BrFN2O/c17-13-4-3-12(10-14(13)18)16(21)20-9-1-2-15(20)11-5-7-19-8-6-11/h3-8,10,15H,1-2,9H2. The predicted octanol–water partition coefficient (Wildman–Crippen LogP) is 3.96. The van der Waals surface area contributed by atoms with E-state index in [1.165, 1.54) is 6.07 Å². The van der Waals surface area contributed by atoms with Crippen LogP contribution in [0.3, 0.4) is 0 Å². The summed E-state index contributed by atoms with van der Waals surface area (Å²) < 4.78 is 14.0. The van der Waals surface area contributed by atoms with Crippen molar-refractivity contribution in [2.45, 2.75) is 18.9 Å². The second kappa shape index (κ2) is 5.93. The van der Waals surface area contributed by atoms with Crippen LogP contribution in [0, 0.1) is 5.82 Å². The van der Waals surface area contributed by atoms with Crippen LogP contribution in [0.15, 0.2) is 47.2 Å². The molecule has 0 radical (unpaired) electrons. The third-order valence-electron chi connectivity index (χ3n) is 3.77. The van der Waals surface area contributed by atoms with Crippen LogP contribution in [-0.4, -0.2) is 22.3 Å². The Morgan fingerprint density at radius 2 is 2.05 bits per heavy atom. The highest BCUT2D eigenvalue weighted by atomic mass is 79.9. The van der Waals surface area contributed by atoms with Crippen molar-refractivity contribution in [2.24, 2.45) is 0 Å². The molecule has 3 nitrogen and oxygen atoms in total. The number of rotatable bonds is 2. The number of benzene rings is 1. The number of carbonyl (C=O) groups excluding carboxylic acids is 1. The lowest BCUT2D eigenvalue weighted by Gasteiger charge is -2.25. The summed E-state index contributed by atoms with van der Waals surface area (Å²) in [7, 11) is 0. The molecule has 21 heavy (non-hydrogen) atoms.